The molecule has 0 bridgehead atoms. The number of carbonyl (C=O) groups is 3. The van der Waals surface area contributed by atoms with Gasteiger partial charge < -0.3 is 29.0 Å². The summed E-state index contributed by atoms with van der Waals surface area (Å²) < 4.78 is 21.2. The van der Waals surface area contributed by atoms with Crippen LogP contribution in [-0.2, 0) is 31.2 Å². The molecule has 2 aliphatic rings. The van der Waals surface area contributed by atoms with E-state index in [-0.39, 0.29) is 23.3 Å². The number of thioether (sulfide) groups is 1. The Morgan fingerprint density at radius 1 is 1.06 bits per heavy atom. The number of likely N-dealkylation sites (tertiary alicyclic amines) is 1. The molecule has 1 saturated heterocycles. The van der Waals surface area contributed by atoms with E-state index in [2.05, 4.69) is 33.6 Å². The van der Waals surface area contributed by atoms with Gasteiger partial charge in [0.15, 0.2) is 0 Å². The molecule has 0 radical (unpaired) electrons. The second-order valence-electron chi connectivity index (χ2n) is 12.3. The summed E-state index contributed by atoms with van der Waals surface area (Å²) in [6.07, 6.45) is 5.17. The van der Waals surface area contributed by atoms with E-state index in [0.29, 0.717) is 62.2 Å². The van der Waals surface area contributed by atoms with Gasteiger partial charge >= 0.3 is 5.97 Å². The van der Waals surface area contributed by atoms with Gasteiger partial charge in [0.2, 0.25) is 11.8 Å². The van der Waals surface area contributed by atoms with Crippen molar-refractivity contribution in [3.8, 4) is 5.75 Å². The van der Waals surface area contributed by atoms with Crippen LogP contribution in [0.2, 0.25) is 0 Å². The van der Waals surface area contributed by atoms with Gasteiger partial charge in [0, 0.05) is 36.4 Å². The lowest BCUT2D eigenvalue weighted by Gasteiger charge is -2.51. The van der Waals surface area contributed by atoms with E-state index in [1.54, 1.807) is 36.0 Å². The number of esters is 1. The second-order valence-corrected chi connectivity index (χ2v) is 13.3. The number of nitrogens with one attached hydrogen (secondary N) is 1. The van der Waals surface area contributed by atoms with Crippen LogP contribution in [-0.4, -0.2) is 79.2 Å². The number of hydrogen-bond donors (Lipinski definition) is 1. The van der Waals surface area contributed by atoms with Crippen molar-refractivity contribution >= 4 is 29.5 Å². The standard InChI is InChI=1S/C36H45N3O7S/c1-25-32(26(2)46-38-25)23-47-24-34(41)39-17-6-15-36(39)21-29(22-36)31-8-5-4-7-27(31)11-14-33(40)37-16-18-44-19-20-45-30-12-9-28(10-13-30)35(42)43-3/h4-5,7-10,12-13,29H,6,11,14-24H2,1-3H3,(H,37,40). The molecule has 11 heteroatoms. The van der Waals surface area contributed by atoms with Crippen molar-refractivity contribution in [2.45, 2.75) is 69.6 Å². The minimum Gasteiger partial charge on any atom is -0.491 e. The number of aryl methyl sites for hydroxylation is 3. The van der Waals surface area contributed by atoms with E-state index in [4.69, 9.17) is 18.7 Å². The normalized spacial score (nSPS) is 18.6. The van der Waals surface area contributed by atoms with Crippen LogP contribution < -0.4 is 10.1 Å². The molecular formula is C36H45N3O7S. The Hall–Kier alpha value is -3.83. The van der Waals surface area contributed by atoms with Gasteiger partial charge in [-0.2, -0.15) is 0 Å². The first-order valence-corrected chi connectivity index (χ1v) is 17.5. The first-order valence-electron chi connectivity index (χ1n) is 16.3. The number of methoxy groups -OCH3 is 1. The lowest BCUT2D eigenvalue weighted by atomic mass is 9.63. The predicted octanol–water partition coefficient (Wildman–Crippen LogP) is 5.39. The Labute approximate surface area is 280 Å². The lowest BCUT2D eigenvalue weighted by Crippen LogP contribution is -2.55. The van der Waals surface area contributed by atoms with Crippen LogP contribution in [0.15, 0.2) is 53.1 Å². The number of carbonyl (C=O) groups excluding carboxylic acids is 3. The van der Waals surface area contributed by atoms with Gasteiger partial charge in [0.05, 0.1) is 37.3 Å². The summed E-state index contributed by atoms with van der Waals surface area (Å²) in [5, 5.41) is 6.97. The maximum absolute atomic E-state index is 13.3. The fraction of sp³-hybridized carbons (Fsp3) is 0.500. The SMILES string of the molecule is COC(=O)c1ccc(OCCOCCNC(=O)CCc2ccccc2C2CC3(CCCN3C(=O)CSCc3c(C)noc3C)C2)cc1. The summed E-state index contributed by atoms with van der Waals surface area (Å²) in [6, 6.07) is 15.2. The Morgan fingerprint density at radius 3 is 2.60 bits per heavy atom. The Morgan fingerprint density at radius 2 is 1.85 bits per heavy atom. The Kier molecular flexibility index (Phi) is 12.0. The Bertz CT molecular complexity index is 1500. The molecule has 1 aliphatic heterocycles. The maximum Gasteiger partial charge on any atom is 0.337 e. The lowest BCUT2D eigenvalue weighted by molar-refractivity contribution is -0.136. The zero-order chi connectivity index (χ0) is 33.2. The quantitative estimate of drug-likeness (QED) is 0.159. The minimum absolute atomic E-state index is 0.00270. The van der Waals surface area contributed by atoms with Crippen molar-refractivity contribution in [3.05, 3.63) is 82.2 Å². The molecule has 10 nitrogen and oxygen atoms in total. The molecule has 1 N–H and O–H groups in total. The highest BCUT2D eigenvalue weighted by molar-refractivity contribution is 7.99. The number of benzene rings is 2. The van der Waals surface area contributed by atoms with Crippen molar-refractivity contribution in [1.82, 2.24) is 15.4 Å². The van der Waals surface area contributed by atoms with Gasteiger partial charge in [0.1, 0.15) is 18.1 Å². The number of ether oxygens (including phenoxy) is 3. The zero-order valence-corrected chi connectivity index (χ0v) is 28.4. The number of hydrogen-bond acceptors (Lipinski definition) is 9. The Balaban J connectivity index is 0.990. The zero-order valence-electron chi connectivity index (χ0n) is 27.5. The fourth-order valence-electron chi connectivity index (χ4n) is 6.74. The maximum atomic E-state index is 13.3. The van der Waals surface area contributed by atoms with Crippen LogP contribution in [0.5, 0.6) is 5.75 Å². The fourth-order valence-corrected chi connectivity index (χ4v) is 7.79. The molecule has 5 rings (SSSR count). The number of rotatable bonds is 16. The molecule has 0 atom stereocenters. The average Bonchev–Trinajstić information content (AvgIpc) is 3.66. The molecule has 47 heavy (non-hydrogen) atoms. The molecule has 3 aromatic rings. The summed E-state index contributed by atoms with van der Waals surface area (Å²) >= 11 is 1.64. The highest BCUT2D eigenvalue weighted by Gasteiger charge is 2.52. The van der Waals surface area contributed by atoms with Crippen molar-refractivity contribution in [3.63, 3.8) is 0 Å². The summed E-state index contributed by atoms with van der Waals surface area (Å²) in [6.45, 7) is 6.26. The molecule has 252 valence electrons. The van der Waals surface area contributed by atoms with E-state index in [0.717, 1.165) is 55.0 Å². The molecule has 1 spiro atoms. The third-order valence-electron chi connectivity index (χ3n) is 9.26. The monoisotopic (exact) mass is 663 g/mol. The van der Waals surface area contributed by atoms with Crippen LogP contribution in [0.25, 0.3) is 0 Å². The summed E-state index contributed by atoms with van der Waals surface area (Å²) in [4.78, 5) is 39.5. The third-order valence-corrected chi connectivity index (χ3v) is 10.2. The molecule has 1 aliphatic carbocycles. The first-order chi connectivity index (χ1) is 22.8. The summed E-state index contributed by atoms with van der Waals surface area (Å²) in [7, 11) is 1.34. The van der Waals surface area contributed by atoms with E-state index in [1.807, 2.05) is 19.9 Å². The average molecular weight is 664 g/mol. The van der Waals surface area contributed by atoms with Gasteiger partial charge in [-0.1, -0.05) is 29.4 Å². The molecule has 2 fully saturated rings. The molecular weight excluding hydrogens is 618 g/mol. The third kappa shape index (κ3) is 8.75. The van der Waals surface area contributed by atoms with E-state index >= 15 is 0 Å². The van der Waals surface area contributed by atoms with Gasteiger partial charge in [-0.3, -0.25) is 9.59 Å². The van der Waals surface area contributed by atoms with E-state index < -0.39 is 0 Å². The smallest absolute Gasteiger partial charge is 0.337 e. The van der Waals surface area contributed by atoms with Crippen LogP contribution in [0.4, 0.5) is 0 Å². The molecule has 1 aromatic heterocycles. The largest absolute Gasteiger partial charge is 0.491 e. The highest BCUT2D eigenvalue weighted by Crippen LogP contribution is 2.54. The predicted molar refractivity (Wildman–Crippen MR) is 180 cm³/mol. The molecule has 1 saturated carbocycles. The number of aromatic nitrogens is 1. The van der Waals surface area contributed by atoms with Gasteiger partial charge in [-0.15, -0.1) is 11.8 Å². The van der Waals surface area contributed by atoms with E-state index in [1.165, 1.54) is 18.2 Å². The molecule has 0 unspecified atom stereocenters. The van der Waals surface area contributed by atoms with Crippen molar-refractivity contribution in [2.24, 2.45) is 0 Å². The second kappa shape index (κ2) is 16.3. The van der Waals surface area contributed by atoms with Gasteiger partial charge in [-0.05, 0) is 87.3 Å². The summed E-state index contributed by atoms with van der Waals surface area (Å²) in [5.74, 6) is 2.90. The molecule has 2 aromatic carbocycles. The topological polar surface area (TPSA) is 120 Å². The first kappa shape index (κ1) is 34.5. The molecule has 2 heterocycles. The van der Waals surface area contributed by atoms with E-state index in [9.17, 15) is 14.4 Å². The van der Waals surface area contributed by atoms with Crippen LogP contribution in [0, 0.1) is 13.8 Å². The number of nitrogens with zero attached hydrogens (tertiary/aromatic N) is 2. The minimum atomic E-state index is -0.389. The number of amides is 2. The highest BCUT2D eigenvalue weighted by atomic mass is 32.2. The van der Waals surface area contributed by atoms with Crippen LogP contribution in [0.3, 0.4) is 0 Å². The van der Waals surface area contributed by atoms with Crippen molar-refractivity contribution < 1.29 is 33.1 Å². The van der Waals surface area contributed by atoms with Crippen LogP contribution in [0.1, 0.15) is 76.5 Å². The van der Waals surface area contributed by atoms with Crippen molar-refractivity contribution in [1.29, 1.82) is 0 Å². The summed E-state index contributed by atoms with van der Waals surface area (Å²) in [5.41, 5.74) is 4.93. The van der Waals surface area contributed by atoms with Gasteiger partial charge in [0.25, 0.3) is 0 Å². The molecule has 2 amide bonds. The van der Waals surface area contributed by atoms with Crippen molar-refractivity contribution in [2.75, 3.05) is 45.8 Å². The van der Waals surface area contributed by atoms with Gasteiger partial charge in [-0.25, -0.2) is 4.79 Å². The van der Waals surface area contributed by atoms with Crippen LogP contribution >= 0.6 is 11.8 Å².